The Balaban J connectivity index is 2.09. The predicted molar refractivity (Wildman–Crippen MR) is 100 cm³/mol. The average molecular weight is 365 g/mol. The van der Waals surface area contributed by atoms with E-state index in [0.717, 1.165) is 5.56 Å². The van der Waals surface area contributed by atoms with Crippen molar-refractivity contribution in [3.8, 4) is 23.3 Å². The minimum Gasteiger partial charge on any atom is -0.502 e. The van der Waals surface area contributed by atoms with E-state index < -0.39 is 5.97 Å². The molecule has 6 nitrogen and oxygen atoms in total. The predicted octanol–water partition coefficient (Wildman–Crippen LogP) is 3.62. The third-order valence-corrected chi connectivity index (χ3v) is 3.61. The Hall–Kier alpha value is -3.72. The van der Waals surface area contributed by atoms with Crippen LogP contribution in [-0.4, -0.2) is 25.3 Å². The molecular weight excluding hydrogens is 346 g/mol. The van der Waals surface area contributed by atoms with E-state index in [0.29, 0.717) is 5.56 Å². The van der Waals surface area contributed by atoms with Crippen LogP contribution in [0.5, 0.6) is 17.2 Å². The molecule has 0 aliphatic rings. The molecule has 0 aliphatic carbocycles. The Bertz CT molecular complexity index is 870. The number of nitriles is 1. The Morgan fingerprint density at radius 1 is 1.15 bits per heavy atom. The summed E-state index contributed by atoms with van der Waals surface area (Å²) in [4.78, 5) is 12.0. The van der Waals surface area contributed by atoms with Crippen LogP contribution in [-0.2, 0) is 16.1 Å². The standard InChI is InChI=1S/C21H19NO5/c1-25-18-11-16(12-19(26-2)20(18)23)9-6-10-17(13-22)21(24)27-14-15-7-4-3-5-8-15/h3-12,23H,14H2,1-2H3. The van der Waals surface area contributed by atoms with Crippen molar-refractivity contribution in [3.63, 3.8) is 0 Å². The number of carbonyl (C=O) groups excluding carboxylic acids is 1. The molecule has 0 aliphatic heterocycles. The molecule has 0 saturated carbocycles. The van der Waals surface area contributed by atoms with Crippen molar-refractivity contribution < 1.29 is 24.1 Å². The lowest BCUT2D eigenvalue weighted by Gasteiger charge is -2.09. The normalized spacial score (nSPS) is 11.1. The molecule has 0 fully saturated rings. The van der Waals surface area contributed by atoms with Crippen molar-refractivity contribution in [2.24, 2.45) is 0 Å². The molecule has 0 atom stereocenters. The number of nitrogens with zero attached hydrogens (tertiary/aromatic N) is 1. The molecule has 138 valence electrons. The van der Waals surface area contributed by atoms with Gasteiger partial charge in [0.05, 0.1) is 14.2 Å². The van der Waals surface area contributed by atoms with E-state index in [1.807, 2.05) is 36.4 Å². The highest BCUT2D eigenvalue weighted by Crippen LogP contribution is 2.37. The van der Waals surface area contributed by atoms with Crippen LogP contribution in [0.3, 0.4) is 0 Å². The van der Waals surface area contributed by atoms with Gasteiger partial charge < -0.3 is 19.3 Å². The summed E-state index contributed by atoms with van der Waals surface area (Å²) in [6.45, 7) is 0.0920. The van der Waals surface area contributed by atoms with Gasteiger partial charge >= 0.3 is 5.97 Å². The zero-order valence-electron chi connectivity index (χ0n) is 15.0. The van der Waals surface area contributed by atoms with Crippen LogP contribution in [0.25, 0.3) is 6.08 Å². The number of hydrogen-bond acceptors (Lipinski definition) is 6. The zero-order chi connectivity index (χ0) is 19.6. The van der Waals surface area contributed by atoms with Crippen molar-refractivity contribution in [2.45, 2.75) is 6.61 Å². The SMILES string of the molecule is COc1cc(C=CC=C(C#N)C(=O)OCc2ccccc2)cc(OC)c1O. The number of benzene rings is 2. The monoisotopic (exact) mass is 365 g/mol. The number of aromatic hydroxyl groups is 1. The highest BCUT2D eigenvalue weighted by molar-refractivity contribution is 5.93. The van der Waals surface area contributed by atoms with Crippen molar-refractivity contribution in [3.05, 3.63) is 71.3 Å². The van der Waals surface area contributed by atoms with Crippen LogP contribution in [0.2, 0.25) is 0 Å². The first kappa shape index (κ1) is 19.6. The van der Waals surface area contributed by atoms with E-state index in [2.05, 4.69) is 0 Å². The van der Waals surface area contributed by atoms with Crippen molar-refractivity contribution in [2.75, 3.05) is 14.2 Å². The van der Waals surface area contributed by atoms with Gasteiger partial charge in [0.1, 0.15) is 18.2 Å². The van der Waals surface area contributed by atoms with Gasteiger partial charge in [-0.1, -0.05) is 42.5 Å². The number of hydrogen-bond donors (Lipinski definition) is 1. The lowest BCUT2D eigenvalue weighted by atomic mass is 10.1. The summed E-state index contributed by atoms with van der Waals surface area (Å²) < 4.78 is 15.3. The van der Waals surface area contributed by atoms with E-state index in [1.54, 1.807) is 18.2 Å². The first-order valence-electron chi connectivity index (χ1n) is 8.03. The Labute approximate surface area is 157 Å². The fourth-order valence-electron chi connectivity index (χ4n) is 2.22. The van der Waals surface area contributed by atoms with Gasteiger partial charge in [0, 0.05) is 0 Å². The second-order valence-corrected chi connectivity index (χ2v) is 5.39. The largest absolute Gasteiger partial charge is 0.502 e. The van der Waals surface area contributed by atoms with Gasteiger partial charge in [-0.15, -0.1) is 0 Å². The van der Waals surface area contributed by atoms with Crippen LogP contribution in [0.15, 0.2) is 60.2 Å². The number of phenols is 1. The second kappa shape index (κ2) is 9.68. The molecular formula is C21H19NO5. The minimum absolute atomic E-state index is 0.0920. The van der Waals surface area contributed by atoms with Crippen molar-refractivity contribution in [1.82, 2.24) is 0 Å². The molecule has 2 aromatic rings. The smallest absolute Gasteiger partial charge is 0.349 e. The molecule has 0 heterocycles. The van der Waals surface area contributed by atoms with Crippen LogP contribution in [0.1, 0.15) is 11.1 Å². The molecule has 27 heavy (non-hydrogen) atoms. The maximum atomic E-state index is 12.0. The summed E-state index contributed by atoms with van der Waals surface area (Å²) in [6.07, 6.45) is 4.54. The van der Waals surface area contributed by atoms with Gasteiger partial charge in [-0.05, 0) is 29.3 Å². The molecule has 2 rings (SSSR count). The second-order valence-electron chi connectivity index (χ2n) is 5.39. The number of rotatable bonds is 7. The topological polar surface area (TPSA) is 88.8 Å². The van der Waals surface area contributed by atoms with Gasteiger partial charge in [0.15, 0.2) is 11.5 Å². The van der Waals surface area contributed by atoms with Crippen LogP contribution in [0.4, 0.5) is 0 Å². The van der Waals surface area contributed by atoms with Gasteiger partial charge in [-0.3, -0.25) is 0 Å². The molecule has 0 radical (unpaired) electrons. The molecule has 0 saturated heterocycles. The number of carbonyl (C=O) groups is 1. The first-order valence-corrected chi connectivity index (χ1v) is 8.03. The summed E-state index contributed by atoms with van der Waals surface area (Å²) >= 11 is 0. The summed E-state index contributed by atoms with van der Waals surface area (Å²) in [5.74, 6) is -0.303. The number of esters is 1. The molecule has 0 aromatic heterocycles. The third-order valence-electron chi connectivity index (χ3n) is 3.61. The Morgan fingerprint density at radius 3 is 2.33 bits per heavy atom. The van der Waals surface area contributed by atoms with Gasteiger partial charge in [0.25, 0.3) is 0 Å². The highest BCUT2D eigenvalue weighted by atomic mass is 16.5. The summed E-state index contributed by atoms with van der Waals surface area (Å²) in [5, 5.41) is 19.1. The summed E-state index contributed by atoms with van der Waals surface area (Å²) in [6, 6.07) is 14.2. The molecule has 1 N–H and O–H groups in total. The first-order chi connectivity index (χ1) is 13.1. The summed E-state index contributed by atoms with van der Waals surface area (Å²) in [7, 11) is 2.86. The van der Waals surface area contributed by atoms with Gasteiger partial charge in [-0.2, -0.15) is 5.26 Å². The van der Waals surface area contributed by atoms with E-state index in [4.69, 9.17) is 19.5 Å². The zero-order valence-corrected chi connectivity index (χ0v) is 15.0. The van der Waals surface area contributed by atoms with E-state index in [-0.39, 0.29) is 29.4 Å². The van der Waals surface area contributed by atoms with E-state index >= 15 is 0 Å². The van der Waals surface area contributed by atoms with Crippen LogP contribution < -0.4 is 9.47 Å². The summed E-state index contributed by atoms with van der Waals surface area (Å²) in [5.41, 5.74) is 1.37. The Morgan fingerprint density at radius 2 is 1.78 bits per heavy atom. The van der Waals surface area contributed by atoms with Crippen LogP contribution in [0, 0.1) is 11.3 Å². The van der Waals surface area contributed by atoms with Crippen molar-refractivity contribution >= 4 is 12.0 Å². The van der Waals surface area contributed by atoms with Gasteiger partial charge in [0.2, 0.25) is 5.75 Å². The minimum atomic E-state index is -0.702. The number of allylic oxidation sites excluding steroid dienone is 2. The fourth-order valence-corrected chi connectivity index (χ4v) is 2.22. The molecule has 6 heteroatoms. The lowest BCUT2D eigenvalue weighted by Crippen LogP contribution is -2.06. The van der Waals surface area contributed by atoms with E-state index in [1.165, 1.54) is 26.4 Å². The number of methoxy groups -OCH3 is 2. The van der Waals surface area contributed by atoms with Crippen LogP contribution >= 0.6 is 0 Å². The average Bonchev–Trinajstić information content (AvgIpc) is 2.71. The van der Waals surface area contributed by atoms with Crippen molar-refractivity contribution in [1.29, 1.82) is 5.26 Å². The maximum absolute atomic E-state index is 12.0. The quantitative estimate of drug-likeness (QED) is 0.349. The number of phenolic OH excluding ortho intramolecular Hbond substituents is 1. The van der Waals surface area contributed by atoms with Gasteiger partial charge in [-0.25, -0.2) is 4.79 Å². The highest BCUT2D eigenvalue weighted by Gasteiger charge is 2.11. The molecule has 0 bridgehead atoms. The fraction of sp³-hybridized carbons (Fsp3) is 0.143. The molecule has 0 amide bonds. The number of ether oxygens (including phenoxy) is 3. The molecule has 0 spiro atoms. The maximum Gasteiger partial charge on any atom is 0.349 e. The molecule has 2 aromatic carbocycles. The Kier molecular flexibility index (Phi) is 7.03. The third kappa shape index (κ3) is 5.38. The lowest BCUT2D eigenvalue weighted by molar-refractivity contribution is -0.139. The molecule has 0 unspecified atom stereocenters. The van der Waals surface area contributed by atoms with E-state index in [9.17, 15) is 9.90 Å².